The summed E-state index contributed by atoms with van der Waals surface area (Å²) in [5.41, 5.74) is 3.36. The van der Waals surface area contributed by atoms with Crippen molar-refractivity contribution in [2.45, 2.75) is 20.4 Å². The van der Waals surface area contributed by atoms with E-state index in [1.165, 1.54) is 0 Å². The second-order valence-electron chi connectivity index (χ2n) is 6.49. The van der Waals surface area contributed by atoms with E-state index in [0.29, 0.717) is 12.1 Å². The van der Waals surface area contributed by atoms with E-state index in [4.69, 9.17) is 0 Å². The number of rotatable bonds is 5. The molecule has 0 fully saturated rings. The molecule has 5 nitrogen and oxygen atoms in total. The highest BCUT2D eigenvalue weighted by atomic mass is 32.1. The molecule has 0 saturated carbocycles. The molecule has 0 radical (unpaired) electrons. The summed E-state index contributed by atoms with van der Waals surface area (Å²) in [4.78, 5) is 27.7. The van der Waals surface area contributed by atoms with Gasteiger partial charge in [0.1, 0.15) is 5.00 Å². The third-order valence-corrected chi connectivity index (χ3v) is 5.85. The van der Waals surface area contributed by atoms with Gasteiger partial charge in [0.15, 0.2) is 0 Å². The van der Waals surface area contributed by atoms with Crippen LogP contribution in [0.15, 0.2) is 48.8 Å². The van der Waals surface area contributed by atoms with Gasteiger partial charge in [-0.3, -0.25) is 9.59 Å². The van der Waals surface area contributed by atoms with Crippen LogP contribution in [0.1, 0.15) is 36.7 Å². The van der Waals surface area contributed by atoms with Crippen LogP contribution in [-0.4, -0.2) is 35.4 Å². The van der Waals surface area contributed by atoms with Gasteiger partial charge in [-0.1, -0.05) is 12.1 Å². The topological polar surface area (TPSA) is 54.3 Å². The second kappa shape index (κ2) is 7.80. The number of nitrogens with one attached hydrogen (secondary N) is 1. The van der Waals surface area contributed by atoms with Crippen LogP contribution in [0.2, 0.25) is 0 Å². The van der Waals surface area contributed by atoms with E-state index in [-0.39, 0.29) is 11.8 Å². The summed E-state index contributed by atoms with van der Waals surface area (Å²) in [6.07, 6.45) is 3.91. The van der Waals surface area contributed by atoms with E-state index in [9.17, 15) is 9.59 Å². The van der Waals surface area contributed by atoms with Crippen molar-refractivity contribution in [2.24, 2.45) is 0 Å². The lowest BCUT2D eigenvalue weighted by atomic mass is 10.1. The number of benzene rings is 1. The third kappa shape index (κ3) is 3.80. The van der Waals surface area contributed by atoms with Gasteiger partial charge in [-0.2, -0.15) is 0 Å². The number of aromatic nitrogens is 1. The fraction of sp³-hybridized carbons (Fsp3) is 0.238. The summed E-state index contributed by atoms with van der Waals surface area (Å²) in [5.74, 6) is -0.123. The molecule has 0 spiro atoms. The summed E-state index contributed by atoms with van der Waals surface area (Å²) in [7, 11) is 3.41. The summed E-state index contributed by atoms with van der Waals surface area (Å²) >= 11 is 1.63. The summed E-state index contributed by atoms with van der Waals surface area (Å²) in [5, 5.41) is 3.55. The monoisotopic (exact) mass is 381 g/mol. The van der Waals surface area contributed by atoms with Crippen molar-refractivity contribution >= 4 is 23.2 Å². The molecular weight excluding hydrogens is 358 g/mol. The molecule has 0 aliphatic heterocycles. The highest BCUT2D eigenvalue weighted by Gasteiger charge is 2.23. The van der Waals surface area contributed by atoms with E-state index in [0.717, 1.165) is 26.6 Å². The molecule has 0 saturated heterocycles. The first kappa shape index (κ1) is 18.9. The first-order valence-corrected chi connectivity index (χ1v) is 9.53. The van der Waals surface area contributed by atoms with Crippen LogP contribution in [0.25, 0.3) is 5.00 Å². The summed E-state index contributed by atoms with van der Waals surface area (Å²) in [6.45, 7) is 4.52. The van der Waals surface area contributed by atoms with Gasteiger partial charge < -0.3 is 14.8 Å². The van der Waals surface area contributed by atoms with Gasteiger partial charge in [0.2, 0.25) is 0 Å². The molecule has 3 aromatic rings. The quantitative estimate of drug-likeness (QED) is 0.731. The van der Waals surface area contributed by atoms with Crippen LogP contribution in [0.3, 0.4) is 0 Å². The SMILES string of the molecule is CNC(=O)c1ccc(CN(C)C(=O)c2c(-n3cccc3)sc(C)c2C)cc1. The van der Waals surface area contributed by atoms with E-state index in [2.05, 4.69) is 5.32 Å². The van der Waals surface area contributed by atoms with E-state index in [1.807, 2.05) is 55.1 Å². The van der Waals surface area contributed by atoms with Gasteiger partial charge in [-0.15, -0.1) is 11.3 Å². The largest absolute Gasteiger partial charge is 0.355 e. The highest BCUT2D eigenvalue weighted by Crippen LogP contribution is 2.32. The lowest BCUT2D eigenvalue weighted by Crippen LogP contribution is -2.27. The van der Waals surface area contributed by atoms with Gasteiger partial charge in [0.05, 0.1) is 5.56 Å². The second-order valence-corrected chi connectivity index (χ2v) is 7.69. The molecule has 0 aliphatic carbocycles. The average molecular weight is 382 g/mol. The summed E-state index contributed by atoms with van der Waals surface area (Å²) < 4.78 is 1.99. The Morgan fingerprint density at radius 2 is 1.74 bits per heavy atom. The Labute approximate surface area is 163 Å². The number of thiophene rings is 1. The minimum absolute atomic E-state index is 0.00377. The minimum Gasteiger partial charge on any atom is -0.355 e. The Balaban J connectivity index is 1.83. The van der Waals surface area contributed by atoms with E-state index in [1.54, 1.807) is 42.5 Å². The van der Waals surface area contributed by atoms with Crippen LogP contribution in [-0.2, 0) is 6.54 Å². The number of nitrogens with zero attached hydrogens (tertiary/aromatic N) is 2. The number of carbonyl (C=O) groups excluding carboxylic acids is 2. The smallest absolute Gasteiger partial charge is 0.257 e. The van der Waals surface area contributed by atoms with Gasteiger partial charge >= 0.3 is 0 Å². The molecule has 2 aromatic heterocycles. The molecular formula is C21H23N3O2S. The first-order valence-electron chi connectivity index (χ1n) is 8.72. The van der Waals surface area contributed by atoms with E-state index < -0.39 is 0 Å². The molecule has 1 N–H and O–H groups in total. The van der Waals surface area contributed by atoms with Gasteiger partial charge in [-0.25, -0.2) is 0 Å². The van der Waals surface area contributed by atoms with Crippen molar-refractivity contribution < 1.29 is 9.59 Å². The number of hydrogen-bond acceptors (Lipinski definition) is 3. The van der Waals surface area contributed by atoms with E-state index >= 15 is 0 Å². The lowest BCUT2D eigenvalue weighted by Gasteiger charge is -2.19. The highest BCUT2D eigenvalue weighted by molar-refractivity contribution is 7.15. The zero-order valence-electron chi connectivity index (χ0n) is 15.9. The Morgan fingerprint density at radius 1 is 1.11 bits per heavy atom. The van der Waals surface area contributed by atoms with Crippen molar-refractivity contribution in [3.63, 3.8) is 0 Å². The van der Waals surface area contributed by atoms with Gasteiger partial charge in [0.25, 0.3) is 11.8 Å². The molecule has 0 unspecified atom stereocenters. The van der Waals surface area contributed by atoms with Crippen LogP contribution < -0.4 is 5.32 Å². The van der Waals surface area contributed by atoms with Crippen molar-refractivity contribution in [1.82, 2.24) is 14.8 Å². The van der Waals surface area contributed by atoms with Gasteiger partial charge in [-0.05, 0) is 49.2 Å². The number of carbonyl (C=O) groups is 2. The molecule has 3 rings (SSSR count). The fourth-order valence-corrected chi connectivity index (χ4v) is 4.07. The number of aryl methyl sites for hydroxylation is 1. The van der Waals surface area contributed by atoms with Crippen LogP contribution in [0.4, 0.5) is 0 Å². The first-order chi connectivity index (χ1) is 12.9. The molecule has 0 aliphatic rings. The fourth-order valence-electron chi connectivity index (χ4n) is 2.96. The average Bonchev–Trinajstić information content (AvgIpc) is 3.30. The molecule has 1 aromatic carbocycles. The zero-order chi connectivity index (χ0) is 19.6. The zero-order valence-corrected chi connectivity index (χ0v) is 16.8. The molecule has 0 bridgehead atoms. The lowest BCUT2D eigenvalue weighted by molar-refractivity contribution is 0.0784. The van der Waals surface area contributed by atoms with Crippen molar-refractivity contribution in [2.75, 3.05) is 14.1 Å². The number of hydrogen-bond donors (Lipinski definition) is 1. The molecule has 2 amide bonds. The molecule has 2 heterocycles. The van der Waals surface area contributed by atoms with Gasteiger partial charge in [0, 0.05) is 43.5 Å². The Bertz CT molecular complexity index is 956. The van der Waals surface area contributed by atoms with Crippen LogP contribution >= 0.6 is 11.3 Å². The summed E-state index contributed by atoms with van der Waals surface area (Å²) in [6, 6.07) is 11.2. The Morgan fingerprint density at radius 3 is 2.33 bits per heavy atom. The molecule has 27 heavy (non-hydrogen) atoms. The Hall–Kier alpha value is -2.86. The van der Waals surface area contributed by atoms with Crippen molar-refractivity contribution in [1.29, 1.82) is 0 Å². The third-order valence-electron chi connectivity index (χ3n) is 4.63. The molecule has 0 atom stereocenters. The minimum atomic E-state index is -0.119. The maximum absolute atomic E-state index is 13.2. The Kier molecular flexibility index (Phi) is 5.46. The van der Waals surface area contributed by atoms with Crippen molar-refractivity contribution in [3.05, 3.63) is 75.9 Å². The maximum Gasteiger partial charge on any atom is 0.257 e. The predicted molar refractivity (Wildman–Crippen MR) is 109 cm³/mol. The predicted octanol–water partition coefficient (Wildman–Crippen LogP) is 3.79. The number of amides is 2. The van der Waals surface area contributed by atoms with Crippen LogP contribution in [0.5, 0.6) is 0 Å². The maximum atomic E-state index is 13.2. The normalized spacial score (nSPS) is 10.7. The standard InChI is InChI=1S/C21H23N3O2S/c1-14-15(2)27-21(24-11-5-6-12-24)18(14)20(26)23(4)13-16-7-9-17(10-8-16)19(25)22-3/h5-12H,13H2,1-4H3,(H,22,25). The molecule has 140 valence electrons. The van der Waals surface area contributed by atoms with Crippen LogP contribution in [0, 0.1) is 13.8 Å². The molecule has 6 heteroatoms. The van der Waals surface area contributed by atoms with Crippen molar-refractivity contribution in [3.8, 4) is 5.00 Å².